The Kier molecular flexibility index (Phi) is 5.67. The van der Waals surface area contributed by atoms with E-state index in [0.29, 0.717) is 37.3 Å². The van der Waals surface area contributed by atoms with Crippen molar-refractivity contribution in [1.29, 1.82) is 0 Å². The van der Waals surface area contributed by atoms with Gasteiger partial charge in [0.2, 0.25) is 0 Å². The number of rotatable bonds is 5. The maximum absolute atomic E-state index is 13.3. The predicted molar refractivity (Wildman–Crippen MR) is 116 cm³/mol. The van der Waals surface area contributed by atoms with Gasteiger partial charge >= 0.3 is 6.03 Å². The number of amides is 4. The van der Waals surface area contributed by atoms with Crippen molar-refractivity contribution in [3.63, 3.8) is 0 Å². The molecular weight excluding hydrogens is 394 g/mol. The third-order valence-electron chi connectivity index (χ3n) is 5.90. The molecule has 0 unspecified atom stereocenters. The SMILES string of the molecule is CCOc1ccc(C(=O)N2CCC[C@]3(C2)NC(=O)N(Cc2ccc(C)cc2)C3=O)cc1. The van der Waals surface area contributed by atoms with Gasteiger partial charge in [-0.05, 0) is 56.5 Å². The van der Waals surface area contributed by atoms with Crippen molar-refractivity contribution in [2.45, 2.75) is 38.8 Å². The van der Waals surface area contributed by atoms with Crippen LogP contribution in [0, 0.1) is 6.92 Å². The molecule has 0 bridgehead atoms. The summed E-state index contributed by atoms with van der Waals surface area (Å²) in [6, 6.07) is 14.3. The minimum atomic E-state index is -1.05. The number of hydrogen-bond donors (Lipinski definition) is 1. The van der Waals surface area contributed by atoms with Crippen molar-refractivity contribution in [2.24, 2.45) is 0 Å². The number of urea groups is 1. The number of piperidine rings is 1. The van der Waals surface area contributed by atoms with Gasteiger partial charge in [-0.3, -0.25) is 14.5 Å². The van der Waals surface area contributed by atoms with E-state index in [1.807, 2.05) is 38.1 Å². The average molecular weight is 421 g/mol. The van der Waals surface area contributed by atoms with Crippen molar-refractivity contribution in [2.75, 3.05) is 19.7 Å². The quantitative estimate of drug-likeness (QED) is 0.753. The van der Waals surface area contributed by atoms with Crippen LogP contribution in [0.15, 0.2) is 48.5 Å². The smallest absolute Gasteiger partial charge is 0.325 e. The normalized spacial score (nSPS) is 20.8. The van der Waals surface area contributed by atoms with E-state index < -0.39 is 11.6 Å². The van der Waals surface area contributed by atoms with Gasteiger partial charge in [0, 0.05) is 12.1 Å². The summed E-state index contributed by atoms with van der Waals surface area (Å²) in [6.07, 6.45) is 1.17. The third kappa shape index (κ3) is 4.13. The summed E-state index contributed by atoms with van der Waals surface area (Å²) in [7, 11) is 0. The zero-order chi connectivity index (χ0) is 22.0. The number of likely N-dealkylation sites (tertiary alicyclic amines) is 1. The fraction of sp³-hybridized carbons (Fsp3) is 0.375. The minimum absolute atomic E-state index is 0.152. The van der Waals surface area contributed by atoms with Crippen LogP contribution >= 0.6 is 0 Å². The van der Waals surface area contributed by atoms with Crippen molar-refractivity contribution >= 4 is 17.8 Å². The van der Waals surface area contributed by atoms with Gasteiger partial charge in [-0.1, -0.05) is 29.8 Å². The molecule has 0 aliphatic carbocycles. The minimum Gasteiger partial charge on any atom is -0.494 e. The van der Waals surface area contributed by atoms with Crippen LogP contribution < -0.4 is 10.1 Å². The summed E-state index contributed by atoms with van der Waals surface area (Å²) in [6.45, 7) is 5.40. The number of ether oxygens (including phenoxy) is 1. The second kappa shape index (κ2) is 8.41. The molecule has 7 nitrogen and oxygen atoms in total. The molecule has 0 radical (unpaired) electrons. The number of nitrogens with one attached hydrogen (secondary N) is 1. The standard InChI is InChI=1S/C24H27N3O4/c1-3-31-20-11-9-19(10-12-20)21(28)26-14-4-13-24(16-26)22(29)27(23(30)25-24)15-18-7-5-17(2)6-8-18/h5-12H,3-4,13-16H2,1-2H3,(H,25,30)/t24-/m1/s1. The van der Waals surface area contributed by atoms with E-state index in [0.717, 1.165) is 11.1 Å². The lowest BCUT2D eigenvalue weighted by Crippen LogP contribution is -2.59. The highest BCUT2D eigenvalue weighted by Gasteiger charge is 2.53. The summed E-state index contributed by atoms with van der Waals surface area (Å²) < 4.78 is 5.43. The Morgan fingerprint density at radius 3 is 2.48 bits per heavy atom. The third-order valence-corrected chi connectivity index (χ3v) is 5.90. The molecule has 1 N–H and O–H groups in total. The predicted octanol–water partition coefficient (Wildman–Crippen LogP) is 3.12. The number of benzene rings is 2. The molecule has 0 saturated carbocycles. The summed E-state index contributed by atoms with van der Waals surface area (Å²) in [5.41, 5.74) is 1.49. The molecule has 4 amide bonds. The van der Waals surface area contributed by atoms with Crippen LogP contribution in [0.5, 0.6) is 5.75 Å². The van der Waals surface area contributed by atoms with E-state index in [1.165, 1.54) is 4.90 Å². The number of hydrogen-bond acceptors (Lipinski definition) is 4. The monoisotopic (exact) mass is 421 g/mol. The molecule has 7 heteroatoms. The Labute approximate surface area is 182 Å². The number of carbonyl (C=O) groups excluding carboxylic acids is 3. The highest BCUT2D eigenvalue weighted by atomic mass is 16.5. The van der Waals surface area contributed by atoms with Gasteiger partial charge in [0.15, 0.2) is 0 Å². The largest absolute Gasteiger partial charge is 0.494 e. The molecule has 0 aromatic heterocycles. The van der Waals surface area contributed by atoms with Gasteiger partial charge in [-0.25, -0.2) is 4.79 Å². The molecule has 1 spiro atoms. The molecular formula is C24H27N3O4. The second-order valence-electron chi connectivity index (χ2n) is 8.18. The first-order valence-electron chi connectivity index (χ1n) is 10.6. The van der Waals surface area contributed by atoms with E-state index in [4.69, 9.17) is 4.74 Å². The van der Waals surface area contributed by atoms with Gasteiger partial charge in [0.1, 0.15) is 11.3 Å². The maximum Gasteiger partial charge on any atom is 0.325 e. The van der Waals surface area contributed by atoms with Crippen LogP contribution in [-0.4, -0.2) is 52.9 Å². The number of nitrogens with zero attached hydrogens (tertiary/aromatic N) is 2. The summed E-state index contributed by atoms with van der Waals surface area (Å²) in [5, 5.41) is 2.89. The van der Waals surface area contributed by atoms with Gasteiger partial charge in [0.05, 0.1) is 19.7 Å². The first-order chi connectivity index (χ1) is 14.9. The van der Waals surface area contributed by atoms with Crippen molar-refractivity contribution in [1.82, 2.24) is 15.1 Å². The molecule has 2 aromatic carbocycles. The Morgan fingerprint density at radius 1 is 1.10 bits per heavy atom. The first-order valence-corrected chi connectivity index (χ1v) is 10.6. The lowest BCUT2D eigenvalue weighted by Gasteiger charge is -2.38. The first kappa shape index (κ1) is 20.9. The van der Waals surface area contributed by atoms with Gasteiger partial charge < -0.3 is 15.0 Å². The van der Waals surface area contributed by atoms with Crippen LogP contribution in [-0.2, 0) is 11.3 Å². The fourth-order valence-corrected chi connectivity index (χ4v) is 4.24. The molecule has 2 fully saturated rings. The van der Waals surface area contributed by atoms with Gasteiger partial charge in [-0.15, -0.1) is 0 Å². The molecule has 2 aromatic rings. The molecule has 2 aliphatic heterocycles. The summed E-state index contributed by atoms with van der Waals surface area (Å²) >= 11 is 0. The van der Waals surface area contributed by atoms with Gasteiger partial charge in [0.25, 0.3) is 11.8 Å². The maximum atomic E-state index is 13.3. The lowest BCUT2D eigenvalue weighted by atomic mass is 9.88. The van der Waals surface area contributed by atoms with E-state index >= 15 is 0 Å². The molecule has 2 aliphatic rings. The Morgan fingerprint density at radius 2 is 1.81 bits per heavy atom. The second-order valence-corrected chi connectivity index (χ2v) is 8.18. The molecule has 1 atom stereocenters. The van der Waals surface area contributed by atoms with Crippen LogP contribution in [0.3, 0.4) is 0 Å². The van der Waals surface area contributed by atoms with E-state index in [9.17, 15) is 14.4 Å². The Balaban J connectivity index is 1.48. The topological polar surface area (TPSA) is 79.0 Å². The number of aryl methyl sites for hydroxylation is 1. The highest BCUT2D eigenvalue weighted by molar-refractivity contribution is 6.07. The summed E-state index contributed by atoms with van der Waals surface area (Å²) in [5.74, 6) is 0.294. The molecule has 4 rings (SSSR count). The van der Waals surface area contributed by atoms with Gasteiger partial charge in [-0.2, -0.15) is 0 Å². The van der Waals surface area contributed by atoms with E-state index in [2.05, 4.69) is 5.32 Å². The van der Waals surface area contributed by atoms with Crippen molar-refractivity contribution < 1.29 is 19.1 Å². The van der Waals surface area contributed by atoms with Crippen LogP contribution in [0.4, 0.5) is 4.79 Å². The number of carbonyl (C=O) groups is 3. The average Bonchev–Trinajstić information content (AvgIpc) is 2.99. The van der Waals surface area contributed by atoms with Crippen LogP contribution in [0.1, 0.15) is 41.3 Å². The molecule has 2 saturated heterocycles. The fourth-order valence-electron chi connectivity index (χ4n) is 4.24. The number of imide groups is 1. The van der Waals surface area contributed by atoms with Crippen LogP contribution in [0.2, 0.25) is 0 Å². The summed E-state index contributed by atoms with van der Waals surface area (Å²) in [4.78, 5) is 41.9. The Bertz CT molecular complexity index is 987. The molecule has 162 valence electrons. The zero-order valence-corrected chi connectivity index (χ0v) is 17.9. The lowest BCUT2D eigenvalue weighted by molar-refractivity contribution is -0.133. The van der Waals surface area contributed by atoms with E-state index in [-0.39, 0.29) is 24.9 Å². The van der Waals surface area contributed by atoms with Crippen molar-refractivity contribution in [3.8, 4) is 5.75 Å². The Hall–Kier alpha value is -3.35. The van der Waals surface area contributed by atoms with Crippen LogP contribution in [0.25, 0.3) is 0 Å². The van der Waals surface area contributed by atoms with Crippen molar-refractivity contribution in [3.05, 3.63) is 65.2 Å². The molecule has 31 heavy (non-hydrogen) atoms. The van der Waals surface area contributed by atoms with E-state index in [1.54, 1.807) is 29.2 Å². The highest BCUT2D eigenvalue weighted by Crippen LogP contribution is 2.30. The zero-order valence-electron chi connectivity index (χ0n) is 17.9. The molecule has 2 heterocycles.